The molecule has 0 aliphatic carbocycles. The van der Waals surface area contributed by atoms with Crippen LogP contribution in [0.3, 0.4) is 0 Å². The summed E-state index contributed by atoms with van der Waals surface area (Å²) in [7, 11) is 0. The van der Waals surface area contributed by atoms with Crippen LogP contribution in [0, 0.1) is 6.92 Å². The van der Waals surface area contributed by atoms with Gasteiger partial charge in [-0.2, -0.15) is 5.10 Å². The fourth-order valence-corrected chi connectivity index (χ4v) is 3.40. The van der Waals surface area contributed by atoms with Crippen molar-refractivity contribution < 1.29 is 9.53 Å². The molecule has 138 valence electrons. The quantitative estimate of drug-likeness (QED) is 0.690. The van der Waals surface area contributed by atoms with Crippen molar-refractivity contribution in [2.24, 2.45) is 0 Å². The molecular weight excluding hydrogens is 338 g/mol. The highest BCUT2D eigenvalue weighted by molar-refractivity contribution is 5.93. The third-order valence-electron chi connectivity index (χ3n) is 5.02. The van der Waals surface area contributed by atoms with Crippen molar-refractivity contribution in [1.29, 1.82) is 0 Å². The topological polar surface area (TPSA) is 47.4 Å². The average molecular weight is 361 g/mol. The Morgan fingerprint density at radius 1 is 1.07 bits per heavy atom. The third-order valence-corrected chi connectivity index (χ3v) is 5.02. The predicted molar refractivity (Wildman–Crippen MR) is 104 cm³/mol. The molecule has 5 nitrogen and oxygen atoms in total. The maximum absolute atomic E-state index is 13.0. The van der Waals surface area contributed by atoms with Crippen molar-refractivity contribution in [3.8, 4) is 5.75 Å². The number of benzene rings is 2. The van der Waals surface area contributed by atoms with Gasteiger partial charge >= 0.3 is 0 Å². The molecule has 4 rings (SSSR count). The minimum atomic E-state index is 0.0211. The zero-order chi connectivity index (χ0) is 18.8. The van der Waals surface area contributed by atoms with E-state index in [1.165, 1.54) is 5.56 Å². The van der Waals surface area contributed by atoms with Gasteiger partial charge in [-0.15, -0.1) is 0 Å². The van der Waals surface area contributed by atoms with Crippen LogP contribution in [0.15, 0.2) is 60.7 Å². The zero-order valence-corrected chi connectivity index (χ0v) is 15.6. The van der Waals surface area contributed by atoms with Gasteiger partial charge in [-0.1, -0.05) is 48.0 Å². The Kier molecular flexibility index (Phi) is 4.67. The van der Waals surface area contributed by atoms with E-state index in [4.69, 9.17) is 4.74 Å². The largest absolute Gasteiger partial charge is 0.487 e. The highest BCUT2D eigenvalue weighted by Gasteiger charge is 2.30. The second-order valence-corrected chi connectivity index (χ2v) is 6.93. The molecule has 5 heteroatoms. The number of para-hydroxylation sites is 1. The summed E-state index contributed by atoms with van der Waals surface area (Å²) in [5, 5.41) is 4.54. The third kappa shape index (κ3) is 3.58. The van der Waals surface area contributed by atoms with Gasteiger partial charge in [0.25, 0.3) is 5.91 Å². The fourth-order valence-electron chi connectivity index (χ4n) is 3.40. The van der Waals surface area contributed by atoms with E-state index in [1.807, 2.05) is 41.3 Å². The fraction of sp³-hybridized carbons (Fsp3) is 0.273. The molecule has 2 aromatic carbocycles. The van der Waals surface area contributed by atoms with Gasteiger partial charge in [0.1, 0.15) is 23.7 Å². The van der Waals surface area contributed by atoms with Gasteiger partial charge in [0, 0.05) is 6.54 Å². The summed E-state index contributed by atoms with van der Waals surface area (Å²) in [5.41, 5.74) is 3.77. The SMILES string of the molecule is Cc1ccc([C@H](C)N2CCn3nc(COc4ccccc4)cc3C2=O)cc1. The Hall–Kier alpha value is -3.08. The van der Waals surface area contributed by atoms with Gasteiger partial charge in [0.05, 0.1) is 12.6 Å². The van der Waals surface area contributed by atoms with Crippen molar-refractivity contribution in [2.45, 2.75) is 33.0 Å². The minimum Gasteiger partial charge on any atom is -0.487 e. The number of nitrogens with zero attached hydrogens (tertiary/aromatic N) is 3. The normalized spacial score (nSPS) is 14.7. The number of carbonyl (C=O) groups is 1. The van der Waals surface area contributed by atoms with Crippen molar-refractivity contribution in [3.05, 3.63) is 83.2 Å². The number of aromatic nitrogens is 2. The van der Waals surface area contributed by atoms with Gasteiger partial charge in [0.2, 0.25) is 0 Å². The predicted octanol–water partition coefficient (Wildman–Crippen LogP) is 3.99. The van der Waals surface area contributed by atoms with E-state index in [0.717, 1.165) is 17.0 Å². The van der Waals surface area contributed by atoms with Gasteiger partial charge in [-0.05, 0) is 37.6 Å². The first-order chi connectivity index (χ1) is 13.1. The minimum absolute atomic E-state index is 0.0211. The van der Waals surface area contributed by atoms with Crippen LogP contribution in [-0.4, -0.2) is 27.1 Å². The average Bonchev–Trinajstić information content (AvgIpc) is 3.12. The smallest absolute Gasteiger partial charge is 0.272 e. The first-order valence-corrected chi connectivity index (χ1v) is 9.24. The molecule has 1 atom stereocenters. The van der Waals surface area contributed by atoms with E-state index >= 15 is 0 Å². The lowest BCUT2D eigenvalue weighted by atomic mass is 10.0. The van der Waals surface area contributed by atoms with Gasteiger partial charge in [0.15, 0.2) is 0 Å². The summed E-state index contributed by atoms with van der Waals surface area (Å²) in [6, 6.07) is 19.9. The van der Waals surface area contributed by atoms with Crippen LogP contribution < -0.4 is 4.74 Å². The maximum Gasteiger partial charge on any atom is 0.272 e. The van der Waals surface area contributed by atoms with E-state index in [2.05, 4.69) is 43.2 Å². The molecule has 0 saturated heterocycles. The number of rotatable bonds is 5. The monoisotopic (exact) mass is 361 g/mol. The summed E-state index contributed by atoms with van der Waals surface area (Å²) in [4.78, 5) is 14.9. The summed E-state index contributed by atoms with van der Waals surface area (Å²) >= 11 is 0. The molecule has 0 spiro atoms. The molecule has 27 heavy (non-hydrogen) atoms. The van der Waals surface area contributed by atoms with Crippen LogP contribution >= 0.6 is 0 Å². The lowest BCUT2D eigenvalue weighted by Gasteiger charge is -2.33. The Morgan fingerprint density at radius 2 is 1.81 bits per heavy atom. The molecule has 2 heterocycles. The van der Waals surface area contributed by atoms with Crippen molar-refractivity contribution in [2.75, 3.05) is 6.54 Å². The second-order valence-electron chi connectivity index (χ2n) is 6.93. The van der Waals surface area contributed by atoms with E-state index in [-0.39, 0.29) is 11.9 Å². The number of carbonyl (C=O) groups excluding carboxylic acids is 1. The Labute approximate surface area is 159 Å². The molecule has 0 N–H and O–H groups in total. The van der Waals surface area contributed by atoms with Crippen molar-refractivity contribution in [1.82, 2.24) is 14.7 Å². The number of hydrogen-bond acceptors (Lipinski definition) is 3. The molecule has 3 aromatic rings. The van der Waals surface area contributed by atoms with Gasteiger partial charge in [-0.25, -0.2) is 0 Å². The molecule has 0 radical (unpaired) electrons. The van der Waals surface area contributed by atoms with Gasteiger partial charge in [-0.3, -0.25) is 9.48 Å². The molecule has 1 aromatic heterocycles. The number of hydrogen-bond donors (Lipinski definition) is 0. The maximum atomic E-state index is 13.0. The zero-order valence-electron chi connectivity index (χ0n) is 15.6. The number of amides is 1. The van der Waals surface area contributed by atoms with Crippen molar-refractivity contribution >= 4 is 5.91 Å². The number of fused-ring (bicyclic) bond motifs is 1. The molecular formula is C22H23N3O2. The van der Waals surface area contributed by atoms with E-state index in [9.17, 15) is 4.79 Å². The molecule has 0 fully saturated rings. The molecule has 0 saturated carbocycles. The van der Waals surface area contributed by atoms with E-state index in [1.54, 1.807) is 4.68 Å². The first kappa shape index (κ1) is 17.3. The number of aryl methyl sites for hydroxylation is 1. The molecule has 1 aliphatic rings. The Bertz CT molecular complexity index is 932. The van der Waals surface area contributed by atoms with Crippen LogP contribution in [-0.2, 0) is 13.2 Å². The second kappa shape index (κ2) is 7.27. The Morgan fingerprint density at radius 3 is 2.56 bits per heavy atom. The Balaban J connectivity index is 1.48. The summed E-state index contributed by atoms with van der Waals surface area (Å²) < 4.78 is 7.56. The highest BCUT2D eigenvalue weighted by atomic mass is 16.5. The van der Waals surface area contributed by atoms with Crippen LogP contribution in [0.1, 0.15) is 40.3 Å². The summed E-state index contributed by atoms with van der Waals surface area (Å²) in [5.74, 6) is 0.817. The van der Waals surface area contributed by atoms with Crippen LogP contribution in [0.4, 0.5) is 0 Å². The van der Waals surface area contributed by atoms with Crippen LogP contribution in [0.2, 0.25) is 0 Å². The summed E-state index contributed by atoms with van der Waals surface area (Å²) in [6.07, 6.45) is 0. The summed E-state index contributed by atoms with van der Waals surface area (Å²) in [6.45, 7) is 5.85. The molecule has 0 bridgehead atoms. The number of ether oxygens (including phenoxy) is 1. The van der Waals surface area contributed by atoms with E-state index < -0.39 is 0 Å². The van der Waals surface area contributed by atoms with Crippen molar-refractivity contribution in [3.63, 3.8) is 0 Å². The van der Waals surface area contributed by atoms with Crippen LogP contribution in [0.25, 0.3) is 0 Å². The first-order valence-electron chi connectivity index (χ1n) is 9.24. The molecule has 1 aliphatic heterocycles. The standard InChI is InChI=1S/C22H23N3O2/c1-16-8-10-18(11-9-16)17(2)24-12-13-25-21(22(24)26)14-19(23-25)15-27-20-6-4-3-5-7-20/h3-11,14,17H,12-13,15H2,1-2H3/t17-/m0/s1. The molecule has 0 unspecified atom stereocenters. The van der Waals surface area contributed by atoms with E-state index in [0.29, 0.717) is 25.4 Å². The molecule has 1 amide bonds. The van der Waals surface area contributed by atoms with Crippen LogP contribution in [0.5, 0.6) is 5.75 Å². The van der Waals surface area contributed by atoms with Gasteiger partial charge < -0.3 is 9.64 Å². The lowest BCUT2D eigenvalue weighted by Crippen LogP contribution is -2.41. The highest BCUT2D eigenvalue weighted by Crippen LogP contribution is 2.26. The lowest BCUT2D eigenvalue weighted by molar-refractivity contribution is 0.0624.